The van der Waals surface area contributed by atoms with Crippen molar-refractivity contribution in [1.29, 1.82) is 0 Å². The zero-order valence-corrected chi connectivity index (χ0v) is 10.2. The second-order valence-electron chi connectivity index (χ2n) is 5.53. The van der Waals surface area contributed by atoms with E-state index in [1.165, 1.54) is 12.0 Å². The van der Waals surface area contributed by atoms with Crippen LogP contribution in [0, 0.1) is 18.2 Å². The standard InChI is InChI=1S/C14H18FNO/c1-11-6-12(2-3-13(11)15)7-16-8-14(9-16)4-5-17-10-14/h2-3,6H,4-5,7-10H2,1H3. The molecule has 0 unspecified atom stereocenters. The first-order valence-electron chi connectivity index (χ1n) is 6.22. The number of hydrogen-bond donors (Lipinski definition) is 0. The second-order valence-corrected chi connectivity index (χ2v) is 5.53. The van der Waals surface area contributed by atoms with Gasteiger partial charge in [-0.15, -0.1) is 0 Å². The zero-order valence-electron chi connectivity index (χ0n) is 10.2. The molecule has 2 aliphatic rings. The molecule has 1 spiro atoms. The van der Waals surface area contributed by atoms with E-state index in [1.807, 2.05) is 19.1 Å². The number of rotatable bonds is 2. The molecule has 1 aromatic carbocycles. The fourth-order valence-electron chi connectivity index (χ4n) is 2.98. The lowest BCUT2D eigenvalue weighted by Gasteiger charge is -2.47. The summed E-state index contributed by atoms with van der Waals surface area (Å²) in [6, 6.07) is 5.41. The molecule has 1 aromatic rings. The Bertz CT molecular complexity index is 418. The molecule has 0 radical (unpaired) electrons. The first-order chi connectivity index (χ1) is 8.17. The first-order valence-corrected chi connectivity index (χ1v) is 6.22. The fraction of sp³-hybridized carbons (Fsp3) is 0.571. The van der Waals surface area contributed by atoms with E-state index >= 15 is 0 Å². The number of aryl methyl sites for hydroxylation is 1. The number of hydrogen-bond acceptors (Lipinski definition) is 2. The highest BCUT2D eigenvalue weighted by Gasteiger charge is 2.45. The van der Waals surface area contributed by atoms with Gasteiger partial charge >= 0.3 is 0 Å². The minimum absolute atomic E-state index is 0.113. The van der Waals surface area contributed by atoms with Crippen molar-refractivity contribution in [1.82, 2.24) is 4.90 Å². The normalized spacial score (nSPS) is 22.9. The summed E-state index contributed by atoms with van der Waals surface area (Å²) in [6.07, 6.45) is 1.20. The van der Waals surface area contributed by atoms with Crippen LogP contribution in [0.5, 0.6) is 0 Å². The van der Waals surface area contributed by atoms with Crippen molar-refractivity contribution in [3.05, 3.63) is 35.1 Å². The third kappa shape index (κ3) is 2.09. The lowest BCUT2D eigenvalue weighted by Crippen LogP contribution is -2.56. The predicted octanol–water partition coefficient (Wildman–Crippen LogP) is 2.36. The third-order valence-electron chi connectivity index (χ3n) is 3.93. The molecule has 0 aromatic heterocycles. The second kappa shape index (κ2) is 4.07. The van der Waals surface area contributed by atoms with E-state index < -0.39 is 0 Å². The molecule has 2 fully saturated rings. The van der Waals surface area contributed by atoms with Crippen molar-refractivity contribution in [2.75, 3.05) is 26.3 Å². The first kappa shape index (κ1) is 11.2. The van der Waals surface area contributed by atoms with Gasteiger partial charge in [-0.3, -0.25) is 4.90 Å². The number of ether oxygens (including phenoxy) is 1. The maximum Gasteiger partial charge on any atom is 0.126 e. The molecule has 0 aliphatic carbocycles. The van der Waals surface area contributed by atoms with Gasteiger partial charge < -0.3 is 4.74 Å². The predicted molar refractivity (Wildman–Crippen MR) is 64.3 cm³/mol. The molecule has 0 atom stereocenters. The van der Waals surface area contributed by atoms with E-state index in [-0.39, 0.29) is 5.82 Å². The van der Waals surface area contributed by atoms with Crippen molar-refractivity contribution in [2.24, 2.45) is 5.41 Å². The Hall–Kier alpha value is -0.930. The maximum atomic E-state index is 13.1. The van der Waals surface area contributed by atoms with Gasteiger partial charge in [-0.2, -0.15) is 0 Å². The minimum Gasteiger partial charge on any atom is -0.381 e. The van der Waals surface area contributed by atoms with Crippen LogP contribution in [0.1, 0.15) is 17.5 Å². The molecule has 0 N–H and O–H groups in total. The molecule has 3 rings (SSSR count). The third-order valence-corrected chi connectivity index (χ3v) is 3.93. The summed E-state index contributed by atoms with van der Waals surface area (Å²) in [5.74, 6) is -0.113. The minimum atomic E-state index is -0.113. The number of nitrogens with zero attached hydrogens (tertiary/aromatic N) is 1. The summed E-state index contributed by atoms with van der Waals surface area (Å²) in [5, 5.41) is 0. The van der Waals surface area contributed by atoms with Gasteiger partial charge in [-0.05, 0) is 30.5 Å². The van der Waals surface area contributed by atoms with E-state index in [0.29, 0.717) is 5.41 Å². The molecule has 3 heteroatoms. The maximum absolute atomic E-state index is 13.1. The summed E-state index contributed by atoms with van der Waals surface area (Å²) in [4.78, 5) is 2.42. The van der Waals surface area contributed by atoms with Gasteiger partial charge in [0.05, 0.1) is 6.61 Å². The van der Waals surface area contributed by atoms with Crippen LogP contribution in [-0.2, 0) is 11.3 Å². The van der Waals surface area contributed by atoms with Crippen molar-refractivity contribution in [2.45, 2.75) is 19.9 Å². The summed E-state index contributed by atoms with van der Waals surface area (Å²) in [7, 11) is 0. The lowest BCUT2D eigenvalue weighted by atomic mass is 9.79. The lowest BCUT2D eigenvalue weighted by molar-refractivity contribution is -0.0123. The van der Waals surface area contributed by atoms with Gasteiger partial charge in [0.2, 0.25) is 0 Å². The molecule has 0 amide bonds. The van der Waals surface area contributed by atoms with Crippen LogP contribution in [0.15, 0.2) is 18.2 Å². The Morgan fingerprint density at radius 2 is 2.24 bits per heavy atom. The molecule has 2 nitrogen and oxygen atoms in total. The largest absolute Gasteiger partial charge is 0.381 e. The zero-order chi connectivity index (χ0) is 11.9. The summed E-state index contributed by atoms with van der Waals surface area (Å²) in [6.45, 7) is 6.85. The Balaban J connectivity index is 1.60. The van der Waals surface area contributed by atoms with Crippen molar-refractivity contribution in [3.8, 4) is 0 Å². The molecule has 92 valence electrons. The summed E-state index contributed by atoms with van der Waals surface area (Å²) < 4.78 is 18.6. The van der Waals surface area contributed by atoms with Crippen LogP contribution in [0.25, 0.3) is 0 Å². The molecule has 2 heterocycles. The molecule has 2 saturated heterocycles. The highest BCUT2D eigenvalue weighted by atomic mass is 19.1. The molecule has 2 aliphatic heterocycles. The van der Waals surface area contributed by atoms with Crippen molar-refractivity contribution >= 4 is 0 Å². The number of benzene rings is 1. The average Bonchev–Trinajstić information content (AvgIpc) is 2.72. The summed E-state index contributed by atoms with van der Waals surface area (Å²) in [5.41, 5.74) is 2.38. The highest BCUT2D eigenvalue weighted by molar-refractivity contribution is 5.24. The van der Waals surface area contributed by atoms with Gasteiger partial charge in [-0.25, -0.2) is 4.39 Å². The Labute approximate surface area is 101 Å². The van der Waals surface area contributed by atoms with Gasteiger partial charge in [-0.1, -0.05) is 12.1 Å². The Morgan fingerprint density at radius 3 is 2.88 bits per heavy atom. The van der Waals surface area contributed by atoms with Crippen LogP contribution in [0.2, 0.25) is 0 Å². The van der Waals surface area contributed by atoms with Crippen LogP contribution in [0.4, 0.5) is 4.39 Å². The topological polar surface area (TPSA) is 12.5 Å². The monoisotopic (exact) mass is 235 g/mol. The number of halogens is 1. The Morgan fingerprint density at radius 1 is 1.41 bits per heavy atom. The smallest absolute Gasteiger partial charge is 0.126 e. The summed E-state index contributed by atoms with van der Waals surface area (Å²) >= 11 is 0. The number of likely N-dealkylation sites (tertiary alicyclic amines) is 1. The van der Waals surface area contributed by atoms with Gasteiger partial charge in [0, 0.05) is 31.7 Å². The highest BCUT2D eigenvalue weighted by Crippen LogP contribution is 2.38. The fourth-order valence-corrected chi connectivity index (χ4v) is 2.98. The van der Waals surface area contributed by atoms with E-state index in [2.05, 4.69) is 4.90 Å². The molecular formula is C14H18FNO. The van der Waals surface area contributed by atoms with E-state index in [4.69, 9.17) is 4.74 Å². The van der Waals surface area contributed by atoms with Gasteiger partial charge in [0.15, 0.2) is 0 Å². The molecule has 17 heavy (non-hydrogen) atoms. The Kier molecular flexibility index (Phi) is 2.68. The van der Waals surface area contributed by atoms with Crippen LogP contribution in [-0.4, -0.2) is 31.2 Å². The van der Waals surface area contributed by atoms with Gasteiger partial charge in [0.1, 0.15) is 5.82 Å². The SMILES string of the molecule is Cc1cc(CN2CC3(CCOC3)C2)ccc1F. The average molecular weight is 235 g/mol. The quantitative estimate of drug-likeness (QED) is 0.780. The van der Waals surface area contributed by atoms with E-state index in [1.54, 1.807) is 6.07 Å². The van der Waals surface area contributed by atoms with E-state index in [9.17, 15) is 4.39 Å². The van der Waals surface area contributed by atoms with Crippen LogP contribution in [0.3, 0.4) is 0 Å². The molecule has 0 bridgehead atoms. The van der Waals surface area contributed by atoms with E-state index in [0.717, 1.165) is 38.4 Å². The van der Waals surface area contributed by atoms with Crippen LogP contribution < -0.4 is 0 Å². The molecule has 0 saturated carbocycles. The van der Waals surface area contributed by atoms with Gasteiger partial charge in [0.25, 0.3) is 0 Å². The van der Waals surface area contributed by atoms with Crippen LogP contribution >= 0.6 is 0 Å². The molecular weight excluding hydrogens is 217 g/mol. The van der Waals surface area contributed by atoms with Crippen molar-refractivity contribution < 1.29 is 9.13 Å². The van der Waals surface area contributed by atoms with Crippen molar-refractivity contribution in [3.63, 3.8) is 0 Å².